The molecular weight excluding hydrogens is 312 g/mol. The van der Waals surface area contributed by atoms with Crippen LogP contribution in [0.1, 0.15) is 28.6 Å². The second-order valence-corrected chi connectivity index (χ2v) is 5.58. The van der Waals surface area contributed by atoms with Crippen molar-refractivity contribution in [2.24, 2.45) is 0 Å². The van der Waals surface area contributed by atoms with Gasteiger partial charge in [0, 0.05) is 5.56 Å². The Morgan fingerprint density at radius 3 is 2.62 bits per heavy atom. The number of methoxy groups -OCH3 is 1. The summed E-state index contributed by atoms with van der Waals surface area (Å²) in [5, 5.41) is 2.71. The number of nitrogens with zero attached hydrogens (tertiary/aromatic N) is 1. The Morgan fingerprint density at radius 2 is 1.96 bits per heavy atom. The molecule has 1 saturated heterocycles. The van der Waals surface area contributed by atoms with Crippen LogP contribution in [0.5, 0.6) is 0 Å². The van der Waals surface area contributed by atoms with Gasteiger partial charge in [0.25, 0.3) is 5.91 Å². The highest BCUT2D eigenvalue weighted by atomic mass is 16.5. The lowest BCUT2D eigenvalue weighted by Crippen LogP contribution is -2.40. The summed E-state index contributed by atoms with van der Waals surface area (Å²) in [5.74, 6) is -1.07. The summed E-state index contributed by atoms with van der Waals surface area (Å²) < 4.78 is 9.72. The molecule has 0 radical (unpaired) electrons. The molecule has 24 heavy (non-hydrogen) atoms. The maximum absolute atomic E-state index is 12.8. The van der Waals surface area contributed by atoms with Gasteiger partial charge in [0.2, 0.25) is 5.76 Å². The first-order valence-corrected chi connectivity index (χ1v) is 7.31. The molecule has 1 aromatic heterocycles. The summed E-state index contributed by atoms with van der Waals surface area (Å²) in [4.78, 5) is 37.8. The number of furan rings is 1. The Hall–Kier alpha value is -3.09. The molecule has 1 aliphatic rings. The first kappa shape index (κ1) is 15.8. The molecular formula is C17H16N2O5. The Labute approximate surface area is 138 Å². The van der Waals surface area contributed by atoms with Crippen molar-refractivity contribution in [3.63, 3.8) is 0 Å². The van der Waals surface area contributed by atoms with Gasteiger partial charge in [-0.25, -0.2) is 9.59 Å². The van der Waals surface area contributed by atoms with Gasteiger partial charge < -0.3 is 14.5 Å². The molecule has 124 valence electrons. The van der Waals surface area contributed by atoms with Gasteiger partial charge in [-0.2, -0.15) is 0 Å². The van der Waals surface area contributed by atoms with E-state index in [0.29, 0.717) is 11.1 Å². The third kappa shape index (κ3) is 2.44. The van der Waals surface area contributed by atoms with E-state index in [9.17, 15) is 14.4 Å². The fraction of sp³-hybridized carbons (Fsp3) is 0.235. The number of urea groups is 1. The molecule has 2 aromatic rings. The number of hydrogen-bond acceptors (Lipinski definition) is 5. The van der Waals surface area contributed by atoms with Crippen molar-refractivity contribution in [2.75, 3.05) is 7.11 Å². The zero-order chi connectivity index (χ0) is 17.3. The maximum atomic E-state index is 12.8. The minimum absolute atomic E-state index is 0.0218. The maximum Gasteiger partial charge on any atom is 0.374 e. The molecule has 1 atom stereocenters. The molecule has 1 fully saturated rings. The van der Waals surface area contributed by atoms with Crippen LogP contribution in [0.4, 0.5) is 4.79 Å². The molecule has 1 aromatic carbocycles. The molecule has 7 nitrogen and oxygen atoms in total. The summed E-state index contributed by atoms with van der Waals surface area (Å²) >= 11 is 0. The molecule has 7 heteroatoms. The summed E-state index contributed by atoms with van der Waals surface area (Å²) in [5.41, 5.74) is -0.0538. The Balaban J connectivity index is 1.89. The standard InChI is InChI=1S/C17H16N2O5/c1-17(12-6-4-3-5-7-12)15(21)19(16(22)18-17)10-11-8-9-24-13(11)14(20)23-2/h3-9H,10H2,1-2H3,(H,18,22). The van der Waals surface area contributed by atoms with Gasteiger partial charge >= 0.3 is 12.0 Å². The van der Waals surface area contributed by atoms with Crippen LogP contribution in [0.15, 0.2) is 47.1 Å². The Kier molecular flexibility index (Phi) is 3.84. The molecule has 0 spiro atoms. The number of nitrogens with one attached hydrogen (secondary N) is 1. The zero-order valence-corrected chi connectivity index (χ0v) is 13.2. The summed E-state index contributed by atoms with van der Waals surface area (Å²) in [6, 6.07) is 10.00. The number of amides is 3. The SMILES string of the molecule is COC(=O)c1occc1CN1C(=O)NC(C)(c2ccccc2)C1=O. The van der Waals surface area contributed by atoms with Crippen LogP contribution in [0, 0.1) is 0 Å². The van der Waals surface area contributed by atoms with Gasteiger partial charge in [0.1, 0.15) is 5.54 Å². The second-order valence-electron chi connectivity index (χ2n) is 5.58. The van der Waals surface area contributed by atoms with E-state index in [4.69, 9.17) is 4.42 Å². The average Bonchev–Trinajstić information content (AvgIpc) is 3.14. The predicted molar refractivity (Wildman–Crippen MR) is 82.9 cm³/mol. The summed E-state index contributed by atoms with van der Waals surface area (Å²) in [6.45, 7) is 1.58. The molecule has 1 unspecified atom stereocenters. The highest BCUT2D eigenvalue weighted by Crippen LogP contribution is 2.30. The third-order valence-electron chi connectivity index (χ3n) is 4.07. The van der Waals surface area contributed by atoms with E-state index in [1.165, 1.54) is 19.4 Å². The Morgan fingerprint density at radius 1 is 1.25 bits per heavy atom. The van der Waals surface area contributed by atoms with Gasteiger partial charge in [0.05, 0.1) is 19.9 Å². The van der Waals surface area contributed by atoms with Crippen LogP contribution in [0.3, 0.4) is 0 Å². The van der Waals surface area contributed by atoms with Crippen LogP contribution >= 0.6 is 0 Å². The molecule has 0 bridgehead atoms. The minimum Gasteiger partial charge on any atom is -0.463 e. The fourth-order valence-corrected chi connectivity index (χ4v) is 2.71. The van der Waals surface area contributed by atoms with Crippen LogP contribution < -0.4 is 5.32 Å². The Bertz CT molecular complexity index is 798. The van der Waals surface area contributed by atoms with Crippen molar-refractivity contribution in [3.05, 3.63) is 59.5 Å². The monoisotopic (exact) mass is 328 g/mol. The number of ether oxygens (including phenoxy) is 1. The normalized spacial score (nSPS) is 20.2. The smallest absolute Gasteiger partial charge is 0.374 e. The molecule has 2 heterocycles. The van der Waals surface area contributed by atoms with Crippen molar-refractivity contribution >= 4 is 17.9 Å². The first-order chi connectivity index (χ1) is 11.5. The van der Waals surface area contributed by atoms with Gasteiger partial charge in [-0.05, 0) is 18.6 Å². The van der Waals surface area contributed by atoms with Crippen molar-refractivity contribution < 1.29 is 23.5 Å². The highest BCUT2D eigenvalue weighted by Gasteiger charge is 2.49. The van der Waals surface area contributed by atoms with Gasteiger partial charge in [-0.15, -0.1) is 0 Å². The van der Waals surface area contributed by atoms with E-state index in [0.717, 1.165) is 4.90 Å². The van der Waals surface area contributed by atoms with E-state index >= 15 is 0 Å². The quantitative estimate of drug-likeness (QED) is 0.685. The molecule has 0 aliphatic carbocycles. The van der Waals surface area contributed by atoms with Crippen molar-refractivity contribution in [3.8, 4) is 0 Å². The van der Waals surface area contributed by atoms with Crippen molar-refractivity contribution in [1.29, 1.82) is 0 Å². The second kappa shape index (κ2) is 5.84. The lowest BCUT2D eigenvalue weighted by atomic mass is 9.92. The number of imide groups is 1. The minimum atomic E-state index is -1.15. The number of esters is 1. The van der Waals surface area contributed by atoms with E-state index in [1.54, 1.807) is 31.2 Å². The first-order valence-electron chi connectivity index (χ1n) is 7.31. The van der Waals surface area contributed by atoms with Gasteiger partial charge in [-0.1, -0.05) is 30.3 Å². The summed E-state index contributed by atoms with van der Waals surface area (Å²) in [7, 11) is 1.23. The van der Waals surface area contributed by atoms with E-state index in [2.05, 4.69) is 10.1 Å². The fourth-order valence-electron chi connectivity index (χ4n) is 2.71. The van der Waals surface area contributed by atoms with E-state index < -0.39 is 23.4 Å². The zero-order valence-electron chi connectivity index (χ0n) is 13.2. The van der Waals surface area contributed by atoms with E-state index in [1.807, 2.05) is 6.07 Å². The number of benzene rings is 1. The third-order valence-corrected chi connectivity index (χ3v) is 4.07. The van der Waals surface area contributed by atoms with Crippen molar-refractivity contribution in [2.45, 2.75) is 19.0 Å². The topological polar surface area (TPSA) is 88.8 Å². The van der Waals surface area contributed by atoms with Crippen LogP contribution in [-0.2, 0) is 21.6 Å². The number of carbonyl (C=O) groups is 3. The number of hydrogen-bond donors (Lipinski definition) is 1. The van der Waals surface area contributed by atoms with Crippen LogP contribution in [0.25, 0.3) is 0 Å². The highest BCUT2D eigenvalue weighted by molar-refractivity contribution is 6.07. The van der Waals surface area contributed by atoms with Crippen LogP contribution in [0.2, 0.25) is 0 Å². The van der Waals surface area contributed by atoms with Crippen LogP contribution in [-0.4, -0.2) is 29.9 Å². The largest absolute Gasteiger partial charge is 0.463 e. The molecule has 3 rings (SSSR count). The van der Waals surface area contributed by atoms with E-state index in [-0.39, 0.29) is 12.3 Å². The predicted octanol–water partition coefficient (Wildman–Crippen LogP) is 2.03. The molecule has 3 amide bonds. The average molecular weight is 328 g/mol. The number of rotatable bonds is 4. The number of carbonyl (C=O) groups excluding carboxylic acids is 3. The van der Waals surface area contributed by atoms with Gasteiger partial charge in [-0.3, -0.25) is 9.69 Å². The molecule has 0 saturated carbocycles. The molecule has 1 N–H and O–H groups in total. The molecule has 1 aliphatic heterocycles. The lowest BCUT2D eigenvalue weighted by molar-refractivity contribution is -0.131. The van der Waals surface area contributed by atoms with Gasteiger partial charge in [0.15, 0.2) is 0 Å². The lowest BCUT2D eigenvalue weighted by Gasteiger charge is -2.22. The van der Waals surface area contributed by atoms with Crippen molar-refractivity contribution in [1.82, 2.24) is 10.2 Å². The summed E-state index contributed by atoms with van der Waals surface area (Å²) in [6.07, 6.45) is 1.32.